The lowest BCUT2D eigenvalue weighted by atomic mass is 10.0. The minimum atomic E-state index is -3.95. The van der Waals surface area contributed by atoms with Gasteiger partial charge in [0.1, 0.15) is 30.5 Å². The van der Waals surface area contributed by atoms with Crippen LogP contribution in [-0.4, -0.2) is 68.2 Å². The highest BCUT2D eigenvalue weighted by Gasteiger charge is 2.57. The number of benzene rings is 1. The predicted octanol–water partition coefficient (Wildman–Crippen LogP) is 0.341. The van der Waals surface area contributed by atoms with Crippen molar-refractivity contribution in [2.75, 3.05) is 13.2 Å². The fourth-order valence-corrected chi connectivity index (χ4v) is 4.11. The molecule has 2 aliphatic heterocycles. The highest BCUT2D eigenvalue weighted by molar-refractivity contribution is 7.86. The van der Waals surface area contributed by atoms with Crippen LogP contribution in [0, 0.1) is 6.92 Å². The van der Waals surface area contributed by atoms with Crippen LogP contribution >= 0.6 is 0 Å². The quantitative estimate of drug-likeness (QED) is 0.671. The Labute approximate surface area is 152 Å². The Balaban J connectivity index is 1.72. The van der Waals surface area contributed by atoms with Gasteiger partial charge < -0.3 is 24.4 Å². The van der Waals surface area contributed by atoms with Crippen molar-refractivity contribution >= 4 is 10.1 Å². The Bertz CT molecular complexity index is 730. The van der Waals surface area contributed by atoms with Gasteiger partial charge in [-0.3, -0.25) is 4.18 Å². The maximum Gasteiger partial charge on any atom is 0.297 e. The first-order valence-electron chi connectivity index (χ1n) is 8.39. The van der Waals surface area contributed by atoms with Gasteiger partial charge in [-0.05, 0) is 32.9 Å². The van der Waals surface area contributed by atoms with E-state index in [4.69, 9.17) is 18.4 Å². The summed E-state index contributed by atoms with van der Waals surface area (Å²) in [4.78, 5) is 0.0495. The van der Waals surface area contributed by atoms with Crippen LogP contribution in [0.2, 0.25) is 0 Å². The van der Waals surface area contributed by atoms with Crippen LogP contribution in [0.3, 0.4) is 0 Å². The van der Waals surface area contributed by atoms with Gasteiger partial charge in [-0.2, -0.15) is 8.42 Å². The zero-order valence-electron chi connectivity index (χ0n) is 14.9. The molecule has 2 aliphatic rings. The van der Waals surface area contributed by atoms with E-state index in [0.717, 1.165) is 5.56 Å². The lowest BCUT2D eigenvalue weighted by molar-refractivity contribution is -0.201. The van der Waals surface area contributed by atoms with E-state index in [1.165, 1.54) is 12.1 Å². The van der Waals surface area contributed by atoms with Crippen molar-refractivity contribution in [1.29, 1.82) is 0 Å². The average molecular weight is 388 g/mol. The van der Waals surface area contributed by atoms with Crippen molar-refractivity contribution in [2.24, 2.45) is 0 Å². The molecular formula is C17H24O8S. The molecule has 146 valence electrons. The average Bonchev–Trinajstić information content (AvgIpc) is 3.06. The van der Waals surface area contributed by atoms with E-state index in [9.17, 15) is 18.6 Å². The summed E-state index contributed by atoms with van der Waals surface area (Å²) < 4.78 is 47.1. The van der Waals surface area contributed by atoms with E-state index in [1.807, 2.05) is 6.92 Å². The molecule has 1 unspecified atom stereocenters. The van der Waals surface area contributed by atoms with E-state index >= 15 is 0 Å². The maximum absolute atomic E-state index is 12.4. The minimum Gasteiger partial charge on any atom is -0.394 e. The maximum atomic E-state index is 12.4. The number of aliphatic hydroxyl groups excluding tert-OH is 2. The second-order valence-corrected chi connectivity index (χ2v) is 8.62. The van der Waals surface area contributed by atoms with E-state index in [-0.39, 0.29) is 11.5 Å². The molecular weight excluding hydrogens is 364 g/mol. The van der Waals surface area contributed by atoms with Gasteiger partial charge in [-0.15, -0.1) is 0 Å². The lowest BCUT2D eigenvalue weighted by Gasteiger charge is -2.25. The number of hydrogen-bond donors (Lipinski definition) is 2. The number of aryl methyl sites for hydroxylation is 1. The van der Waals surface area contributed by atoms with Crippen molar-refractivity contribution in [1.82, 2.24) is 0 Å². The van der Waals surface area contributed by atoms with Crippen LogP contribution in [0.25, 0.3) is 0 Å². The number of rotatable bonds is 6. The standard InChI is InChI=1S/C17H24O8S/c1-10-4-6-11(7-5-10)26(20,21)22-9-13-15-16(25-17(2,3)24-15)14(23-13)12(19)8-18/h4-7,12-16,18-19H,8-9H2,1-3H3/t12-,13?,14-,15+,16-/m0/s1. The van der Waals surface area contributed by atoms with Gasteiger partial charge in [0.25, 0.3) is 10.1 Å². The first-order valence-corrected chi connectivity index (χ1v) is 9.80. The van der Waals surface area contributed by atoms with Gasteiger partial charge in [0.05, 0.1) is 18.1 Å². The van der Waals surface area contributed by atoms with E-state index in [2.05, 4.69) is 0 Å². The largest absolute Gasteiger partial charge is 0.394 e. The molecule has 0 bridgehead atoms. The van der Waals surface area contributed by atoms with Crippen molar-refractivity contribution in [2.45, 2.75) is 62.0 Å². The molecule has 9 heteroatoms. The molecule has 5 atom stereocenters. The summed E-state index contributed by atoms with van der Waals surface area (Å²) in [5.74, 6) is -0.902. The second-order valence-electron chi connectivity index (χ2n) is 7.01. The Morgan fingerprint density at radius 2 is 1.81 bits per heavy atom. The molecule has 2 N–H and O–H groups in total. The molecule has 0 radical (unpaired) electrons. The normalized spacial score (nSPS) is 31.7. The summed E-state index contributed by atoms with van der Waals surface area (Å²) >= 11 is 0. The third kappa shape index (κ3) is 3.94. The molecule has 26 heavy (non-hydrogen) atoms. The Kier molecular flexibility index (Phi) is 5.42. The zero-order valence-corrected chi connectivity index (χ0v) is 15.7. The fraction of sp³-hybridized carbons (Fsp3) is 0.647. The summed E-state index contributed by atoms with van der Waals surface area (Å²) in [6.07, 6.45) is -3.98. The van der Waals surface area contributed by atoms with Crippen LogP contribution < -0.4 is 0 Å². The molecule has 3 rings (SSSR count). The molecule has 1 aromatic carbocycles. The molecule has 1 aromatic rings. The predicted molar refractivity (Wildman–Crippen MR) is 89.9 cm³/mol. The molecule has 0 spiro atoms. The highest BCUT2D eigenvalue weighted by Crippen LogP contribution is 2.40. The Hall–Kier alpha value is -1.07. The molecule has 0 aromatic heterocycles. The highest BCUT2D eigenvalue weighted by atomic mass is 32.2. The van der Waals surface area contributed by atoms with Crippen LogP contribution in [-0.2, 0) is 28.5 Å². The Morgan fingerprint density at radius 3 is 2.42 bits per heavy atom. The third-order valence-electron chi connectivity index (χ3n) is 4.45. The van der Waals surface area contributed by atoms with Gasteiger partial charge >= 0.3 is 0 Å². The van der Waals surface area contributed by atoms with E-state index < -0.39 is 53.0 Å². The summed E-state index contributed by atoms with van der Waals surface area (Å²) in [7, 11) is -3.95. The van der Waals surface area contributed by atoms with Crippen molar-refractivity contribution in [3.05, 3.63) is 29.8 Å². The van der Waals surface area contributed by atoms with Crippen molar-refractivity contribution in [3.8, 4) is 0 Å². The van der Waals surface area contributed by atoms with Crippen LogP contribution in [0.15, 0.2) is 29.2 Å². The summed E-state index contributed by atoms with van der Waals surface area (Å²) in [5, 5.41) is 19.2. The summed E-state index contributed by atoms with van der Waals surface area (Å²) in [6, 6.07) is 6.31. The molecule has 2 heterocycles. The topological polar surface area (TPSA) is 112 Å². The molecule has 2 saturated heterocycles. The van der Waals surface area contributed by atoms with E-state index in [1.54, 1.807) is 26.0 Å². The minimum absolute atomic E-state index is 0.0495. The summed E-state index contributed by atoms with van der Waals surface area (Å²) in [5.41, 5.74) is 0.936. The number of hydrogen-bond acceptors (Lipinski definition) is 8. The zero-order chi connectivity index (χ0) is 19.1. The number of aliphatic hydroxyl groups is 2. The van der Waals surface area contributed by atoms with Gasteiger partial charge in [-0.1, -0.05) is 17.7 Å². The summed E-state index contributed by atoms with van der Waals surface area (Å²) in [6.45, 7) is 4.50. The first-order chi connectivity index (χ1) is 12.1. The molecule has 2 fully saturated rings. The lowest BCUT2D eigenvalue weighted by Crippen LogP contribution is -2.40. The SMILES string of the molecule is Cc1ccc(S(=O)(=O)OCC2O[C@@H]([C@@H](O)CO)[C@@H]3OC(C)(C)O[C@H]23)cc1. The van der Waals surface area contributed by atoms with Gasteiger partial charge in [0, 0.05) is 0 Å². The Morgan fingerprint density at radius 1 is 1.19 bits per heavy atom. The molecule has 0 saturated carbocycles. The molecule has 8 nitrogen and oxygen atoms in total. The second kappa shape index (κ2) is 7.16. The number of fused-ring (bicyclic) bond motifs is 1. The molecule has 0 aliphatic carbocycles. The van der Waals surface area contributed by atoms with Gasteiger partial charge in [0.2, 0.25) is 0 Å². The number of ether oxygens (including phenoxy) is 3. The van der Waals surface area contributed by atoms with E-state index in [0.29, 0.717) is 0 Å². The van der Waals surface area contributed by atoms with Crippen molar-refractivity contribution in [3.63, 3.8) is 0 Å². The van der Waals surface area contributed by atoms with Crippen molar-refractivity contribution < 1.29 is 37.0 Å². The van der Waals surface area contributed by atoms with Crippen LogP contribution in [0.5, 0.6) is 0 Å². The van der Waals surface area contributed by atoms with Crippen LogP contribution in [0.1, 0.15) is 19.4 Å². The monoisotopic (exact) mass is 388 g/mol. The smallest absolute Gasteiger partial charge is 0.297 e. The molecule has 0 amide bonds. The third-order valence-corrected chi connectivity index (χ3v) is 5.75. The van der Waals surface area contributed by atoms with Crippen LogP contribution in [0.4, 0.5) is 0 Å². The first kappa shape index (κ1) is 19.7. The van der Waals surface area contributed by atoms with Gasteiger partial charge in [-0.25, -0.2) is 0 Å². The fourth-order valence-electron chi connectivity index (χ4n) is 3.19. The van der Waals surface area contributed by atoms with Gasteiger partial charge in [0.15, 0.2) is 5.79 Å².